The second kappa shape index (κ2) is 5.09. The Hall–Kier alpha value is -2.15. The molecule has 3 heterocycles. The van der Waals surface area contributed by atoms with Crippen LogP contribution in [0, 0.1) is 6.92 Å². The summed E-state index contributed by atoms with van der Waals surface area (Å²) in [7, 11) is 3.74. The highest BCUT2D eigenvalue weighted by molar-refractivity contribution is 7.18. The van der Waals surface area contributed by atoms with Gasteiger partial charge in [0, 0.05) is 37.3 Å². The molecular formula is C13H16N6S. The zero-order chi connectivity index (χ0) is 14.1. The monoisotopic (exact) mass is 288 g/mol. The molecule has 6 nitrogen and oxygen atoms in total. The minimum absolute atomic E-state index is 0.632. The van der Waals surface area contributed by atoms with Crippen molar-refractivity contribution in [3.63, 3.8) is 0 Å². The van der Waals surface area contributed by atoms with Crippen molar-refractivity contribution in [2.75, 3.05) is 17.7 Å². The van der Waals surface area contributed by atoms with Gasteiger partial charge in [0.2, 0.25) is 5.95 Å². The molecule has 3 rings (SSSR count). The van der Waals surface area contributed by atoms with Gasteiger partial charge in [-0.05, 0) is 13.0 Å². The van der Waals surface area contributed by atoms with Crippen LogP contribution in [0.5, 0.6) is 0 Å². The lowest BCUT2D eigenvalue weighted by molar-refractivity contribution is 0.767. The first-order valence-corrected chi connectivity index (χ1v) is 7.14. The van der Waals surface area contributed by atoms with Crippen molar-refractivity contribution < 1.29 is 0 Å². The summed E-state index contributed by atoms with van der Waals surface area (Å²) in [6.07, 6.45) is 3.84. The third-order valence-electron chi connectivity index (χ3n) is 2.96. The molecule has 0 aromatic carbocycles. The molecule has 0 unspecified atom stereocenters. The van der Waals surface area contributed by atoms with Crippen LogP contribution in [0.1, 0.15) is 10.4 Å². The van der Waals surface area contributed by atoms with Crippen molar-refractivity contribution in [3.8, 4) is 0 Å². The van der Waals surface area contributed by atoms with E-state index in [0.717, 1.165) is 21.6 Å². The van der Waals surface area contributed by atoms with Gasteiger partial charge in [-0.15, -0.1) is 11.3 Å². The molecule has 0 saturated carbocycles. The molecule has 104 valence electrons. The highest BCUT2D eigenvalue weighted by Gasteiger charge is 2.10. The number of aryl methyl sites for hydroxylation is 2. The molecule has 0 aliphatic heterocycles. The maximum absolute atomic E-state index is 4.50. The SMILES string of the molecule is CNc1nc(NCc2cnn(C)c2)c2cc(C)sc2n1. The Morgan fingerprint density at radius 2 is 2.20 bits per heavy atom. The summed E-state index contributed by atoms with van der Waals surface area (Å²) in [5.74, 6) is 1.49. The van der Waals surface area contributed by atoms with E-state index in [-0.39, 0.29) is 0 Å². The Kier molecular flexibility index (Phi) is 3.27. The van der Waals surface area contributed by atoms with Crippen LogP contribution in [0.3, 0.4) is 0 Å². The third-order valence-corrected chi connectivity index (χ3v) is 3.90. The number of nitrogens with zero attached hydrogens (tertiary/aromatic N) is 4. The number of hydrogen-bond acceptors (Lipinski definition) is 6. The van der Waals surface area contributed by atoms with E-state index < -0.39 is 0 Å². The van der Waals surface area contributed by atoms with Crippen molar-refractivity contribution in [1.82, 2.24) is 19.7 Å². The molecule has 0 aliphatic rings. The Morgan fingerprint density at radius 1 is 1.35 bits per heavy atom. The van der Waals surface area contributed by atoms with Gasteiger partial charge in [-0.25, -0.2) is 4.98 Å². The van der Waals surface area contributed by atoms with Gasteiger partial charge in [-0.2, -0.15) is 10.1 Å². The minimum atomic E-state index is 0.632. The van der Waals surface area contributed by atoms with Gasteiger partial charge in [0.25, 0.3) is 0 Å². The summed E-state index contributed by atoms with van der Waals surface area (Å²) >= 11 is 1.67. The molecule has 3 aromatic rings. The fourth-order valence-corrected chi connectivity index (χ4v) is 2.92. The predicted molar refractivity (Wildman–Crippen MR) is 82.2 cm³/mol. The molecule has 0 atom stereocenters. The lowest BCUT2D eigenvalue weighted by atomic mass is 10.3. The van der Waals surface area contributed by atoms with E-state index in [1.165, 1.54) is 4.88 Å². The van der Waals surface area contributed by atoms with Gasteiger partial charge >= 0.3 is 0 Å². The molecule has 3 aromatic heterocycles. The first kappa shape index (κ1) is 12.9. The van der Waals surface area contributed by atoms with Gasteiger partial charge < -0.3 is 10.6 Å². The summed E-state index contributed by atoms with van der Waals surface area (Å²) < 4.78 is 1.79. The first-order chi connectivity index (χ1) is 9.65. The Morgan fingerprint density at radius 3 is 2.90 bits per heavy atom. The summed E-state index contributed by atoms with van der Waals surface area (Å²) in [4.78, 5) is 11.2. The van der Waals surface area contributed by atoms with Crippen LogP contribution < -0.4 is 10.6 Å². The normalized spacial score (nSPS) is 10.9. The Balaban J connectivity index is 1.92. The summed E-state index contributed by atoms with van der Waals surface area (Å²) in [5, 5.41) is 11.6. The lowest BCUT2D eigenvalue weighted by Gasteiger charge is -2.07. The smallest absolute Gasteiger partial charge is 0.225 e. The molecule has 0 aliphatic carbocycles. The molecule has 20 heavy (non-hydrogen) atoms. The second-order valence-corrected chi connectivity index (χ2v) is 5.83. The van der Waals surface area contributed by atoms with E-state index in [4.69, 9.17) is 0 Å². The van der Waals surface area contributed by atoms with E-state index in [9.17, 15) is 0 Å². The maximum Gasteiger partial charge on any atom is 0.225 e. The summed E-state index contributed by atoms with van der Waals surface area (Å²) in [5.41, 5.74) is 1.12. The van der Waals surface area contributed by atoms with E-state index in [1.807, 2.05) is 26.5 Å². The van der Waals surface area contributed by atoms with Crippen molar-refractivity contribution in [2.45, 2.75) is 13.5 Å². The maximum atomic E-state index is 4.50. The molecule has 0 radical (unpaired) electrons. The predicted octanol–water partition coefficient (Wildman–Crippen LogP) is 2.39. The summed E-state index contributed by atoms with van der Waals surface area (Å²) in [6.45, 7) is 2.77. The van der Waals surface area contributed by atoms with Crippen LogP contribution >= 0.6 is 11.3 Å². The van der Waals surface area contributed by atoms with E-state index in [1.54, 1.807) is 16.0 Å². The van der Waals surface area contributed by atoms with Crippen LogP contribution in [0.15, 0.2) is 18.5 Å². The van der Waals surface area contributed by atoms with Crippen LogP contribution in [0.2, 0.25) is 0 Å². The van der Waals surface area contributed by atoms with Gasteiger partial charge in [0.15, 0.2) is 0 Å². The van der Waals surface area contributed by atoms with E-state index >= 15 is 0 Å². The van der Waals surface area contributed by atoms with Crippen molar-refractivity contribution >= 4 is 33.3 Å². The van der Waals surface area contributed by atoms with E-state index in [0.29, 0.717) is 12.5 Å². The van der Waals surface area contributed by atoms with Gasteiger partial charge in [-0.3, -0.25) is 4.68 Å². The zero-order valence-electron chi connectivity index (χ0n) is 11.6. The molecule has 7 heteroatoms. The van der Waals surface area contributed by atoms with Crippen molar-refractivity contribution in [1.29, 1.82) is 0 Å². The molecule has 0 bridgehead atoms. The third kappa shape index (κ3) is 2.44. The molecule has 0 saturated heterocycles. The number of hydrogen-bond donors (Lipinski definition) is 2. The van der Waals surface area contributed by atoms with Crippen molar-refractivity contribution in [3.05, 3.63) is 28.9 Å². The summed E-state index contributed by atoms with van der Waals surface area (Å²) in [6, 6.07) is 2.12. The highest BCUT2D eigenvalue weighted by atomic mass is 32.1. The first-order valence-electron chi connectivity index (χ1n) is 6.33. The molecule has 0 spiro atoms. The van der Waals surface area contributed by atoms with E-state index in [2.05, 4.69) is 38.7 Å². The number of aromatic nitrogens is 4. The Bertz CT molecular complexity index is 744. The quantitative estimate of drug-likeness (QED) is 0.771. The largest absolute Gasteiger partial charge is 0.365 e. The minimum Gasteiger partial charge on any atom is -0.365 e. The fraction of sp³-hybridized carbons (Fsp3) is 0.308. The van der Waals surface area contributed by atoms with Gasteiger partial charge in [0.1, 0.15) is 10.6 Å². The number of nitrogens with one attached hydrogen (secondary N) is 2. The highest BCUT2D eigenvalue weighted by Crippen LogP contribution is 2.29. The average Bonchev–Trinajstić information content (AvgIpc) is 3.00. The Labute approximate surface area is 120 Å². The van der Waals surface area contributed by atoms with Crippen LogP contribution in [-0.2, 0) is 13.6 Å². The number of fused-ring (bicyclic) bond motifs is 1. The lowest BCUT2D eigenvalue weighted by Crippen LogP contribution is -2.04. The molecule has 0 fully saturated rings. The average molecular weight is 288 g/mol. The number of anilines is 2. The van der Waals surface area contributed by atoms with Crippen LogP contribution in [-0.4, -0.2) is 26.8 Å². The second-order valence-electron chi connectivity index (χ2n) is 4.60. The number of thiophene rings is 1. The standard InChI is InChI=1S/C13H16N6S/c1-8-4-10-11(15-5-9-6-16-19(3)7-9)17-13(14-2)18-12(10)20-8/h4,6-7H,5H2,1-3H3,(H2,14,15,17,18). The fourth-order valence-electron chi connectivity index (χ4n) is 2.04. The van der Waals surface area contributed by atoms with Crippen molar-refractivity contribution in [2.24, 2.45) is 7.05 Å². The number of rotatable bonds is 4. The molecule has 2 N–H and O–H groups in total. The molecule has 0 amide bonds. The topological polar surface area (TPSA) is 67.7 Å². The van der Waals surface area contributed by atoms with Gasteiger partial charge in [0.05, 0.1) is 11.6 Å². The van der Waals surface area contributed by atoms with Gasteiger partial charge in [-0.1, -0.05) is 0 Å². The van der Waals surface area contributed by atoms with Crippen LogP contribution in [0.4, 0.5) is 11.8 Å². The molecular weight excluding hydrogens is 272 g/mol. The van der Waals surface area contributed by atoms with Crippen LogP contribution in [0.25, 0.3) is 10.2 Å². The zero-order valence-corrected chi connectivity index (χ0v) is 12.5.